The molecule has 0 amide bonds. The van der Waals surface area contributed by atoms with Crippen molar-refractivity contribution in [3.05, 3.63) is 59.2 Å². The van der Waals surface area contributed by atoms with Crippen LogP contribution in [-0.4, -0.2) is 48.8 Å². The van der Waals surface area contributed by atoms with E-state index in [2.05, 4.69) is 58.6 Å². The zero-order valence-corrected chi connectivity index (χ0v) is 21.1. The highest BCUT2D eigenvalue weighted by molar-refractivity contribution is 14.0. The fraction of sp³-hybridized carbons (Fsp3) is 0.458. The number of aromatic hydroxyl groups is 1. The van der Waals surface area contributed by atoms with Crippen LogP contribution in [0.1, 0.15) is 36.5 Å². The zero-order chi connectivity index (χ0) is 21.3. The van der Waals surface area contributed by atoms with Gasteiger partial charge in [-0.1, -0.05) is 42.0 Å². The van der Waals surface area contributed by atoms with E-state index in [-0.39, 0.29) is 29.7 Å². The summed E-state index contributed by atoms with van der Waals surface area (Å²) in [6.45, 7) is 8.55. The Bertz CT molecular complexity index is 851. The number of nitrogens with zero attached hydrogens (tertiary/aromatic N) is 2. The summed E-state index contributed by atoms with van der Waals surface area (Å²) in [5, 5.41) is 17.2. The predicted octanol–water partition coefficient (Wildman–Crippen LogP) is 4.05. The Morgan fingerprint density at radius 3 is 2.61 bits per heavy atom. The van der Waals surface area contributed by atoms with Gasteiger partial charge in [-0.05, 0) is 38.3 Å². The number of hydrogen-bond donors (Lipinski definition) is 3. The van der Waals surface area contributed by atoms with Gasteiger partial charge in [-0.3, -0.25) is 4.90 Å². The first-order valence-corrected chi connectivity index (χ1v) is 10.8. The molecule has 1 saturated heterocycles. The van der Waals surface area contributed by atoms with Crippen molar-refractivity contribution in [2.24, 2.45) is 4.99 Å². The summed E-state index contributed by atoms with van der Waals surface area (Å²) in [7, 11) is 1.55. The summed E-state index contributed by atoms with van der Waals surface area (Å²) in [4.78, 5) is 7.19. The van der Waals surface area contributed by atoms with Crippen LogP contribution in [0.3, 0.4) is 0 Å². The number of ether oxygens (including phenoxy) is 1. The summed E-state index contributed by atoms with van der Waals surface area (Å²) in [5.74, 6) is 1.42. The fourth-order valence-corrected chi connectivity index (χ4v) is 3.84. The summed E-state index contributed by atoms with van der Waals surface area (Å²) < 4.78 is 5.19. The Morgan fingerprint density at radius 1 is 1.19 bits per heavy atom. The van der Waals surface area contributed by atoms with Gasteiger partial charge in [-0.15, -0.1) is 24.0 Å². The van der Waals surface area contributed by atoms with Gasteiger partial charge >= 0.3 is 0 Å². The molecular formula is C24H35IN4O2. The van der Waals surface area contributed by atoms with E-state index in [0.717, 1.165) is 50.5 Å². The predicted molar refractivity (Wildman–Crippen MR) is 138 cm³/mol. The molecule has 2 aromatic rings. The van der Waals surface area contributed by atoms with Gasteiger partial charge < -0.3 is 20.5 Å². The summed E-state index contributed by atoms with van der Waals surface area (Å²) in [6, 6.07) is 14.6. The highest BCUT2D eigenvalue weighted by Gasteiger charge is 2.20. The number of phenolic OH excluding ortho intramolecular Hbond substituents is 1. The summed E-state index contributed by atoms with van der Waals surface area (Å²) in [5.41, 5.74) is 3.45. The first-order valence-electron chi connectivity index (χ1n) is 10.8. The highest BCUT2D eigenvalue weighted by Crippen LogP contribution is 2.29. The molecule has 6 nitrogen and oxygen atoms in total. The fourth-order valence-electron chi connectivity index (χ4n) is 3.84. The van der Waals surface area contributed by atoms with E-state index in [1.807, 2.05) is 12.1 Å². The Kier molecular flexibility index (Phi) is 10.4. The second kappa shape index (κ2) is 12.8. The monoisotopic (exact) mass is 538 g/mol. The number of guanidine groups is 1. The molecule has 1 fully saturated rings. The third kappa shape index (κ3) is 7.57. The third-order valence-electron chi connectivity index (χ3n) is 5.47. The lowest BCUT2D eigenvalue weighted by Gasteiger charge is -2.33. The lowest BCUT2D eigenvalue weighted by atomic mass is 10.0. The van der Waals surface area contributed by atoms with E-state index in [4.69, 9.17) is 4.74 Å². The van der Waals surface area contributed by atoms with Crippen LogP contribution >= 0.6 is 24.0 Å². The summed E-state index contributed by atoms with van der Waals surface area (Å²) in [6.07, 6.45) is 2.17. The van der Waals surface area contributed by atoms with E-state index < -0.39 is 0 Å². The van der Waals surface area contributed by atoms with Crippen LogP contribution in [0, 0.1) is 6.92 Å². The number of hydrogen-bond acceptors (Lipinski definition) is 4. The number of piperidine rings is 1. The van der Waals surface area contributed by atoms with Gasteiger partial charge in [0.2, 0.25) is 0 Å². The normalized spacial score (nSPS) is 15.3. The van der Waals surface area contributed by atoms with E-state index in [1.54, 1.807) is 13.2 Å². The molecule has 1 heterocycles. The second-order valence-electron chi connectivity index (χ2n) is 7.85. The Morgan fingerprint density at radius 2 is 1.94 bits per heavy atom. The molecule has 3 rings (SSSR count). The number of rotatable bonds is 7. The molecule has 3 N–H and O–H groups in total. The quantitative estimate of drug-likeness (QED) is 0.282. The number of benzene rings is 2. The van der Waals surface area contributed by atoms with E-state index in [9.17, 15) is 5.11 Å². The number of halogens is 1. The molecule has 0 unspecified atom stereocenters. The number of likely N-dealkylation sites (tertiary alicyclic amines) is 1. The van der Waals surface area contributed by atoms with Crippen molar-refractivity contribution >= 4 is 29.9 Å². The van der Waals surface area contributed by atoms with Gasteiger partial charge in [0.15, 0.2) is 17.5 Å². The second-order valence-corrected chi connectivity index (χ2v) is 7.85. The maximum Gasteiger partial charge on any atom is 0.191 e. The van der Waals surface area contributed by atoms with Crippen LogP contribution in [0.15, 0.2) is 47.5 Å². The van der Waals surface area contributed by atoms with Crippen molar-refractivity contribution in [3.8, 4) is 11.5 Å². The zero-order valence-electron chi connectivity index (χ0n) is 18.7. The van der Waals surface area contributed by atoms with Crippen LogP contribution in [0.5, 0.6) is 11.5 Å². The third-order valence-corrected chi connectivity index (χ3v) is 5.47. The number of aryl methyl sites for hydroxylation is 1. The average Bonchev–Trinajstić information content (AvgIpc) is 2.74. The molecule has 31 heavy (non-hydrogen) atoms. The molecule has 0 aromatic heterocycles. The molecule has 0 spiro atoms. The molecule has 170 valence electrons. The lowest BCUT2D eigenvalue weighted by Crippen LogP contribution is -2.48. The van der Waals surface area contributed by atoms with Gasteiger partial charge in [0.25, 0.3) is 0 Å². The van der Waals surface area contributed by atoms with Gasteiger partial charge in [-0.2, -0.15) is 0 Å². The van der Waals surface area contributed by atoms with Crippen molar-refractivity contribution in [3.63, 3.8) is 0 Å². The minimum Gasteiger partial charge on any atom is -0.504 e. The molecule has 0 radical (unpaired) electrons. The van der Waals surface area contributed by atoms with E-state index >= 15 is 0 Å². The van der Waals surface area contributed by atoms with E-state index in [1.165, 1.54) is 11.1 Å². The van der Waals surface area contributed by atoms with Crippen molar-refractivity contribution in [1.82, 2.24) is 15.5 Å². The Balaban J connectivity index is 0.00000341. The van der Waals surface area contributed by atoms with Crippen molar-refractivity contribution in [2.45, 2.75) is 45.8 Å². The standard InChI is InChI=1S/C24H34N4O2.HI/c1-4-25-24(26-16-20-9-6-10-22(30-3)23(20)29)27-21-11-13-28(14-12-21)17-19-8-5-7-18(2)15-19;/h5-10,15,21,29H,4,11-14,16-17H2,1-3H3,(H2,25,26,27);1H. The van der Waals surface area contributed by atoms with E-state index in [0.29, 0.717) is 18.3 Å². The molecule has 0 aliphatic carbocycles. The maximum absolute atomic E-state index is 10.3. The van der Waals surface area contributed by atoms with Crippen molar-refractivity contribution in [2.75, 3.05) is 26.7 Å². The SMILES string of the molecule is CCNC(=NCc1cccc(OC)c1O)NC1CCN(Cc2cccc(C)c2)CC1.I. The molecular weight excluding hydrogens is 503 g/mol. The minimum absolute atomic E-state index is 0. The smallest absolute Gasteiger partial charge is 0.191 e. The van der Waals surface area contributed by atoms with Gasteiger partial charge in [0.1, 0.15) is 0 Å². The van der Waals surface area contributed by atoms with Crippen LogP contribution < -0.4 is 15.4 Å². The lowest BCUT2D eigenvalue weighted by molar-refractivity contribution is 0.198. The highest BCUT2D eigenvalue weighted by atomic mass is 127. The number of phenols is 1. The minimum atomic E-state index is 0. The Labute approximate surface area is 203 Å². The Hall–Kier alpha value is -2.00. The molecule has 0 bridgehead atoms. The molecule has 2 aromatic carbocycles. The van der Waals surface area contributed by atoms with Crippen molar-refractivity contribution in [1.29, 1.82) is 0 Å². The molecule has 7 heteroatoms. The first kappa shape index (κ1) is 25.3. The van der Waals surface area contributed by atoms with Gasteiger partial charge in [0, 0.05) is 37.8 Å². The number of para-hydroxylation sites is 1. The topological polar surface area (TPSA) is 69.1 Å². The molecule has 1 aliphatic rings. The van der Waals surface area contributed by atoms with Crippen molar-refractivity contribution < 1.29 is 9.84 Å². The van der Waals surface area contributed by atoms with Gasteiger partial charge in [0.05, 0.1) is 13.7 Å². The van der Waals surface area contributed by atoms with Crippen LogP contribution in [0.4, 0.5) is 0 Å². The van der Waals surface area contributed by atoms with Gasteiger partial charge in [-0.25, -0.2) is 4.99 Å². The number of nitrogens with one attached hydrogen (secondary N) is 2. The first-order chi connectivity index (χ1) is 14.6. The number of methoxy groups -OCH3 is 1. The molecule has 1 aliphatic heterocycles. The maximum atomic E-state index is 10.3. The average molecular weight is 538 g/mol. The molecule has 0 saturated carbocycles. The number of aliphatic imine (C=N–C) groups is 1. The summed E-state index contributed by atoms with van der Waals surface area (Å²) >= 11 is 0. The molecule has 0 atom stereocenters. The largest absolute Gasteiger partial charge is 0.504 e. The van der Waals surface area contributed by atoms with Crippen LogP contribution in [-0.2, 0) is 13.1 Å². The van der Waals surface area contributed by atoms with Crippen LogP contribution in [0.2, 0.25) is 0 Å². The van der Waals surface area contributed by atoms with Crippen LogP contribution in [0.25, 0.3) is 0 Å².